The minimum atomic E-state index is -0.255. The van der Waals surface area contributed by atoms with Gasteiger partial charge in [0.25, 0.3) is 5.91 Å². The van der Waals surface area contributed by atoms with Gasteiger partial charge >= 0.3 is 0 Å². The second kappa shape index (κ2) is 6.53. The van der Waals surface area contributed by atoms with E-state index >= 15 is 0 Å². The quantitative estimate of drug-likeness (QED) is 0.893. The van der Waals surface area contributed by atoms with Crippen LogP contribution in [0.1, 0.15) is 26.3 Å². The number of carbonyl (C=O) groups excluding carboxylic acids is 1. The second-order valence-electron chi connectivity index (χ2n) is 5.47. The Kier molecular flexibility index (Phi) is 4.95. The number of aromatic nitrogens is 2. The molecule has 2 aromatic rings. The zero-order valence-electron chi connectivity index (χ0n) is 12.0. The van der Waals surface area contributed by atoms with E-state index in [1.807, 2.05) is 18.2 Å². The van der Waals surface area contributed by atoms with Crippen LogP contribution in [0.15, 0.2) is 28.2 Å². The molecular formula is C14H16BrN3O2S. The maximum atomic E-state index is 11.8. The molecule has 0 saturated carbocycles. The first-order valence-corrected chi connectivity index (χ1v) is 8.02. The van der Waals surface area contributed by atoms with Crippen LogP contribution >= 0.6 is 27.3 Å². The van der Waals surface area contributed by atoms with Gasteiger partial charge in [-0.2, -0.15) is 0 Å². The molecule has 1 heterocycles. The predicted molar refractivity (Wildman–Crippen MR) is 86.9 cm³/mol. The average molecular weight is 370 g/mol. The van der Waals surface area contributed by atoms with Crippen LogP contribution in [0.3, 0.4) is 0 Å². The minimum Gasteiger partial charge on any atom is -0.483 e. The fourth-order valence-electron chi connectivity index (χ4n) is 1.74. The third-order valence-electron chi connectivity index (χ3n) is 2.71. The number of hydrogen-bond acceptors (Lipinski definition) is 5. The first-order valence-electron chi connectivity index (χ1n) is 6.35. The predicted octanol–water partition coefficient (Wildman–Crippen LogP) is 3.62. The van der Waals surface area contributed by atoms with E-state index in [1.165, 1.54) is 11.3 Å². The summed E-state index contributed by atoms with van der Waals surface area (Å²) in [6.07, 6.45) is 0. The van der Waals surface area contributed by atoms with E-state index in [2.05, 4.69) is 52.2 Å². The molecule has 0 saturated heterocycles. The Morgan fingerprint density at radius 3 is 2.81 bits per heavy atom. The van der Waals surface area contributed by atoms with E-state index in [0.717, 1.165) is 10.0 Å². The third-order valence-corrected chi connectivity index (χ3v) is 3.81. The number of nitrogens with zero attached hydrogens (tertiary/aromatic N) is 2. The number of halogens is 1. The van der Waals surface area contributed by atoms with E-state index in [1.54, 1.807) is 5.51 Å². The summed E-state index contributed by atoms with van der Waals surface area (Å²) in [5, 5.41) is 10.5. The number of anilines is 1. The topological polar surface area (TPSA) is 64.1 Å². The molecule has 0 atom stereocenters. The van der Waals surface area contributed by atoms with Crippen LogP contribution in [0.5, 0.6) is 5.75 Å². The van der Waals surface area contributed by atoms with Gasteiger partial charge in [0.1, 0.15) is 11.3 Å². The van der Waals surface area contributed by atoms with Crippen LogP contribution in [0.25, 0.3) is 0 Å². The van der Waals surface area contributed by atoms with Crippen molar-refractivity contribution in [3.8, 4) is 5.75 Å². The van der Waals surface area contributed by atoms with E-state index in [-0.39, 0.29) is 17.9 Å². The SMILES string of the molecule is CC(C)(C)c1cc(Br)ccc1OCC(=O)Nc1nncs1. The van der Waals surface area contributed by atoms with Gasteiger partial charge in [-0.15, -0.1) is 10.2 Å². The van der Waals surface area contributed by atoms with Crippen molar-refractivity contribution in [1.29, 1.82) is 0 Å². The van der Waals surface area contributed by atoms with Crippen molar-refractivity contribution in [1.82, 2.24) is 10.2 Å². The van der Waals surface area contributed by atoms with Crippen molar-refractivity contribution in [2.75, 3.05) is 11.9 Å². The van der Waals surface area contributed by atoms with Crippen molar-refractivity contribution >= 4 is 38.3 Å². The number of carbonyl (C=O) groups is 1. The number of hydrogen-bond donors (Lipinski definition) is 1. The molecule has 21 heavy (non-hydrogen) atoms. The van der Waals surface area contributed by atoms with Gasteiger partial charge in [0.05, 0.1) is 0 Å². The number of amides is 1. The Morgan fingerprint density at radius 1 is 1.43 bits per heavy atom. The van der Waals surface area contributed by atoms with Gasteiger partial charge in [0, 0.05) is 10.0 Å². The Hall–Kier alpha value is -1.47. The fourth-order valence-corrected chi connectivity index (χ4v) is 2.56. The first-order chi connectivity index (χ1) is 9.86. The Balaban J connectivity index is 2.04. The van der Waals surface area contributed by atoms with Crippen molar-refractivity contribution in [3.63, 3.8) is 0 Å². The molecule has 112 valence electrons. The summed E-state index contributed by atoms with van der Waals surface area (Å²) in [6.45, 7) is 6.24. The monoisotopic (exact) mass is 369 g/mol. The van der Waals surface area contributed by atoms with Gasteiger partial charge in [-0.05, 0) is 23.6 Å². The van der Waals surface area contributed by atoms with Crippen molar-refractivity contribution in [2.24, 2.45) is 0 Å². The molecule has 0 radical (unpaired) electrons. The molecule has 0 aliphatic rings. The van der Waals surface area contributed by atoms with Gasteiger partial charge in [0.2, 0.25) is 5.13 Å². The molecule has 5 nitrogen and oxygen atoms in total. The largest absolute Gasteiger partial charge is 0.483 e. The van der Waals surface area contributed by atoms with Crippen LogP contribution < -0.4 is 10.1 Å². The number of benzene rings is 1. The van der Waals surface area contributed by atoms with E-state index < -0.39 is 0 Å². The minimum absolute atomic E-state index is 0.0652. The van der Waals surface area contributed by atoms with Gasteiger partial charge in [-0.1, -0.05) is 48.0 Å². The summed E-state index contributed by atoms with van der Waals surface area (Å²) >= 11 is 4.73. The van der Waals surface area contributed by atoms with Gasteiger partial charge in [-0.25, -0.2) is 0 Å². The molecule has 0 fully saturated rings. The molecule has 2 rings (SSSR count). The molecule has 1 N–H and O–H groups in total. The van der Waals surface area contributed by atoms with E-state index in [0.29, 0.717) is 10.9 Å². The Morgan fingerprint density at radius 2 is 2.19 bits per heavy atom. The van der Waals surface area contributed by atoms with Crippen molar-refractivity contribution in [2.45, 2.75) is 26.2 Å². The summed E-state index contributed by atoms with van der Waals surface area (Å²) < 4.78 is 6.64. The second-order valence-corrected chi connectivity index (χ2v) is 7.22. The molecule has 0 aliphatic heterocycles. The van der Waals surface area contributed by atoms with Gasteiger partial charge in [-0.3, -0.25) is 10.1 Å². The zero-order valence-corrected chi connectivity index (χ0v) is 14.4. The number of rotatable bonds is 4. The zero-order chi connectivity index (χ0) is 15.5. The van der Waals surface area contributed by atoms with Crippen LogP contribution in [0.4, 0.5) is 5.13 Å². The first kappa shape index (κ1) is 15.9. The molecule has 1 amide bonds. The molecule has 7 heteroatoms. The molecule has 0 spiro atoms. The normalized spacial score (nSPS) is 11.2. The van der Waals surface area contributed by atoms with Crippen LogP contribution in [-0.4, -0.2) is 22.7 Å². The van der Waals surface area contributed by atoms with Crippen molar-refractivity contribution < 1.29 is 9.53 Å². The average Bonchev–Trinajstić information content (AvgIpc) is 2.89. The summed E-state index contributed by atoms with van der Waals surface area (Å²) in [7, 11) is 0. The highest BCUT2D eigenvalue weighted by molar-refractivity contribution is 9.10. The third kappa shape index (κ3) is 4.50. The van der Waals surface area contributed by atoms with Crippen LogP contribution in [0.2, 0.25) is 0 Å². The van der Waals surface area contributed by atoms with Gasteiger partial charge in [0.15, 0.2) is 6.61 Å². The lowest BCUT2D eigenvalue weighted by Gasteiger charge is -2.23. The lowest BCUT2D eigenvalue weighted by atomic mass is 9.86. The summed E-state index contributed by atoms with van der Waals surface area (Å²) in [5.74, 6) is 0.452. The lowest BCUT2D eigenvalue weighted by molar-refractivity contribution is -0.118. The number of ether oxygens (including phenoxy) is 1. The van der Waals surface area contributed by atoms with E-state index in [4.69, 9.17) is 4.74 Å². The summed E-state index contributed by atoms with van der Waals surface area (Å²) in [5.41, 5.74) is 2.53. The standard InChI is InChI=1S/C14H16BrN3O2S/c1-14(2,3)10-6-9(15)4-5-11(10)20-7-12(19)17-13-18-16-8-21-13/h4-6,8H,7H2,1-3H3,(H,17,18,19). The maximum absolute atomic E-state index is 11.8. The number of nitrogens with one attached hydrogen (secondary N) is 1. The summed E-state index contributed by atoms with van der Waals surface area (Å²) in [4.78, 5) is 11.8. The van der Waals surface area contributed by atoms with Crippen LogP contribution in [-0.2, 0) is 10.2 Å². The molecule has 0 bridgehead atoms. The highest BCUT2D eigenvalue weighted by atomic mass is 79.9. The Bertz CT molecular complexity index is 624. The molecule has 1 aromatic carbocycles. The highest BCUT2D eigenvalue weighted by Gasteiger charge is 2.20. The summed E-state index contributed by atoms with van der Waals surface area (Å²) in [6, 6.07) is 5.77. The van der Waals surface area contributed by atoms with Crippen LogP contribution in [0, 0.1) is 0 Å². The molecular weight excluding hydrogens is 354 g/mol. The molecule has 1 aromatic heterocycles. The van der Waals surface area contributed by atoms with Crippen molar-refractivity contribution in [3.05, 3.63) is 33.7 Å². The van der Waals surface area contributed by atoms with E-state index in [9.17, 15) is 4.79 Å². The Labute approximate surface area is 135 Å². The molecule has 0 aliphatic carbocycles. The molecule has 0 unspecified atom stereocenters. The highest BCUT2D eigenvalue weighted by Crippen LogP contribution is 2.33. The maximum Gasteiger partial charge on any atom is 0.264 e. The lowest BCUT2D eigenvalue weighted by Crippen LogP contribution is -2.22. The smallest absolute Gasteiger partial charge is 0.264 e. The fraction of sp³-hybridized carbons (Fsp3) is 0.357. The van der Waals surface area contributed by atoms with Gasteiger partial charge < -0.3 is 4.74 Å².